The zero-order valence-electron chi connectivity index (χ0n) is 25.6. The molecule has 1 N–H and O–H groups in total. The number of benzene rings is 3. The number of nitrogens with zero attached hydrogens (tertiary/aromatic N) is 1. The van der Waals surface area contributed by atoms with Crippen molar-refractivity contribution in [3.63, 3.8) is 0 Å². The molecule has 2 unspecified atom stereocenters. The molecule has 0 aliphatic heterocycles. The summed E-state index contributed by atoms with van der Waals surface area (Å²) in [5.41, 5.74) is -1.72. The Kier molecular flexibility index (Phi) is 6.57. The van der Waals surface area contributed by atoms with Crippen molar-refractivity contribution in [2.24, 2.45) is 16.7 Å². The molecule has 0 amide bonds. The number of H-pyrrole nitrogens is 1. The highest BCUT2D eigenvalue weighted by molar-refractivity contribution is 5.98. The van der Waals surface area contributed by atoms with E-state index in [-0.39, 0.29) is 38.3 Å². The highest BCUT2D eigenvalue weighted by Gasteiger charge is 2.61. The van der Waals surface area contributed by atoms with E-state index in [0.717, 1.165) is 23.0 Å². The molecule has 226 valence electrons. The van der Waals surface area contributed by atoms with Crippen LogP contribution >= 0.6 is 0 Å². The van der Waals surface area contributed by atoms with Crippen LogP contribution < -0.4 is 27.0 Å². The number of methoxy groups -OCH3 is 1. The van der Waals surface area contributed by atoms with E-state index < -0.39 is 27.7 Å². The first-order valence-corrected chi connectivity index (χ1v) is 14.6. The molecular weight excluding hydrogens is 560 g/mol. The van der Waals surface area contributed by atoms with Crippen molar-refractivity contribution in [1.82, 2.24) is 9.55 Å². The van der Waals surface area contributed by atoms with E-state index in [4.69, 9.17) is 9.47 Å². The minimum Gasteiger partial charge on any atom is -0.469 e. The topological polar surface area (TPSA) is 125 Å². The second-order valence-electron chi connectivity index (χ2n) is 13.2. The lowest BCUT2D eigenvalue weighted by Crippen LogP contribution is -2.40. The molecule has 1 saturated carbocycles. The number of fused-ring (bicyclic) bond motifs is 2. The second kappa shape index (κ2) is 9.87. The maximum absolute atomic E-state index is 13.1. The molecule has 2 atom stereocenters. The highest BCUT2D eigenvalue weighted by atomic mass is 16.5. The van der Waals surface area contributed by atoms with Crippen LogP contribution in [0.3, 0.4) is 0 Å². The third kappa shape index (κ3) is 4.41. The molecule has 0 radical (unpaired) electrons. The molecule has 1 aliphatic carbocycles. The van der Waals surface area contributed by atoms with Crippen LogP contribution in [0.4, 0.5) is 0 Å². The fraction of sp³-hybridized carbons (Fsp3) is 0.343. The van der Waals surface area contributed by atoms with Gasteiger partial charge >= 0.3 is 5.97 Å². The van der Waals surface area contributed by atoms with Crippen LogP contribution in [0.1, 0.15) is 53.0 Å². The first-order valence-electron chi connectivity index (χ1n) is 14.6. The van der Waals surface area contributed by atoms with Crippen LogP contribution in [0.5, 0.6) is 11.5 Å². The molecule has 1 fully saturated rings. The second-order valence-corrected chi connectivity index (χ2v) is 13.2. The first-order chi connectivity index (χ1) is 20.7. The van der Waals surface area contributed by atoms with Gasteiger partial charge in [-0.15, -0.1) is 0 Å². The standard InChI is InChI=1S/C35H34N2O7/c1-19-17-35(19,32(42)43-6)18-33(2,3)34(4,5)20-7-11-22(12-8-20)44-23-13-9-21(10-14-23)37-30(40)26-15-24-25(16-27(26)31(37)41)29(39)36-28(24)38/h7-16,19H,17-18H2,1-6H3,(H,36,38,39). The zero-order valence-corrected chi connectivity index (χ0v) is 25.6. The largest absolute Gasteiger partial charge is 0.469 e. The van der Waals surface area contributed by atoms with Crippen LogP contribution in [0.2, 0.25) is 0 Å². The van der Waals surface area contributed by atoms with E-state index in [0.29, 0.717) is 23.1 Å². The van der Waals surface area contributed by atoms with Gasteiger partial charge in [0.1, 0.15) is 11.5 Å². The number of nitrogens with one attached hydrogen (secondary N) is 1. The monoisotopic (exact) mass is 594 g/mol. The summed E-state index contributed by atoms with van der Waals surface area (Å²) in [4.78, 5) is 65.1. The smallest absolute Gasteiger partial charge is 0.312 e. The summed E-state index contributed by atoms with van der Waals surface area (Å²) in [6.07, 6.45) is 1.58. The van der Waals surface area contributed by atoms with Crippen molar-refractivity contribution in [1.29, 1.82) is 0 Å². The number of carbonyl (C=O) groups is 1. The van der Waals surface area contributed by atoms with Gasteiger partial charge in [-0.25, -0.2) is 4.57 Å². The Balaban J connectivity index is 1.22. The van der Waals surface area contributed by atoms with Gasteiger partial charge in [-0.05, 0) is 83.7 Å². The molecule has 2 heterocycles. The number of hydrogen-bond donors (Lipinski definition) is 1. The number of aromatic amines is 1. The molecule has 0 spiro atoms. The lowest BCUT2D eigenvalue weighted by atomic mass is 9.60. The lowest BCUT2D eigenvalue weighted by molar-refractivity contribution is -0.149. The van der Waals surface area contributed by atoms with Crippen LogP contribution in [-0.2, 0) is 14.9 Å². The van der Waals surface area contributed by atoms with Gasteiger partial charge in [0, 0.05) is 0 Å². The molecule has 0 saturated heterocycles. The Bertz CT molecular complexity index is 2070. The predicted molar refractivity (Wildman–Crippen MR) is 169 cm³/mol. The van der Waals surface area contributed by atoms with Crippen LogP contribution in [0, 0.1) is 16.7 Å². The predicted octanol–water partition coefficient (Wildman–Crippen LogP) is 5.11. The summed E-state index contributed by atoms with van der Waals surface area (Å²) in [6.45, 7) is 10.9. The molecule has 2 aromatic heterocycles. The van der Waals surface area contributed by atoms with Crippen LogP contribution in [0.25, 0.3) is 27.2 Å². The van der Waals surface area contributed by atoms with Crippen LogP contribution in [0.15, 0.2) is 79.8 Å². The summed E-state index contributed by atoms with van der Waals surface area (Å²) < 4.78 is 12.2. The average Bonchev–Trinajstić information content (AvgIpc) is 3.45. The average molecular weight is 595 g/mol. The molecular formula is C35H34N2O7. The van der Waals surface area contributed by atoms with E-state index in [1.165, 1.54) is 19.2 Å². The van der Waals surface area contributed by atoms with Crippen molar-refractivity contribution in [2.75, 3.05) is 7.11 Å². The lowest BCUT2D eigenvalue weighted by Gasteiger charge is -2.44. The van der Waals surface area contributed by atoms with E-state index in [9.17, 15) is 24.0 Å². The molecule has 3 aromatic carbocycles. The summed E-state index contributed by atoms with van der Waals surface area (Å²) in [5.74, 6) is 1.32. The summed E-state index contributed by atoms with van der Waals surface area (Å²) in [7, 11) is 1.46. The number of hydrogen-bond acceptors (Lipinski definition) is 7. The van der Waals surface area contributed by atoms with Gasteiger partial charge < -0.3 is 9.47 Å². The number of rotatable bonds is 8. The van der Waals surface area contributed by atoms with Gasteiger partial charge in [-0.1, -0.05) is 46.8 Å². The number of aromatic nitrogens is 2. The maximum Gasteiger partial charge on any atom is 0.312 e. The van der Waals surface area contributed by atoms with E-state index in [2.05, 4.69) is 39.6 Å². The fourth-order valence-corrected chi connectivity index (χ4v) is 6.57. The number of ether oxygens (including phenoxy) is 2. The van der Waals surface area contributed by atoms with Gasteiger partial charge in [0.2, 0.25) is 0 Å². The van der Waals surface area contributed by atoms with Crippen molar-refractivity contribution < 1.29 is 14.3 Å². The Labute approximate surface area is 252 Å². The summed E-state index contributed by atoms with van der Waals surface area (Å²) in [5, 5.41) is 0.330. The minimum atomic E-state index is -0.590. The fourth-order valence-electron chi connectivity index (χ4n) is 6.57. The van der Waals surface area contributed by atoms with Gasteiger partial charge in [-0.2, -0.15) is 0 Å². The number of esters is 1. The third-order valence-electron chi connectivity index (χ3n) is 10.1. The normalized spacial score (nSPS) is 18.5. The van der Waals surface area contributed by atoms with Gasteiger partial charge in [0.25, 0.3) is 22.2 Å². The van der Waals surface area contributed by atoms with Crippen molar-refractivity contribution in [2.45, 2.75) is 52.9 Å². The van der Waals surface area contributed by atoms with Crippen molar-refractivity contribution in [3.8, 4) is 17.2 Å². The van der Waals surface area contributed by atoms with Gasteiger partial charge in [0.05, 0.1) is 39.8 Å². The van der Waals surface area contributed by atoms with E-state index in [1.54, 1.807) is 24.3 Å². The van der Waals surface area contributed by atoms with E-state index >= 15 is 0 Å². The van der Waals surface area contributed by atoms with Gasteiger partial charge in [0.15, 0.2) is 0 Å². The molecule has 44 heavy (non-hydrogen) atoms. The Morgan fingerprint density at radius 2 is 1.32 bits per heavy atom. The molecule has 0 bridgehead atoms. The Morgan fingerprint density at radius 3 is 1.77 bits per heavy atom. The zero-order chi connectivity index (χ0) is 31.8. The first kappa shape index (κ1) is 29.3. The third-order valence-corrected chi connectivity index (χ3v) is 10.1. The summed E-state index contributed by atoms with van der Waals surface area (Å²) in [6, 6.07) is 17.0. The molecule has 9 nitrogen and oxygen atoms in total. The molecule has 1 aliphatic rings. The molecule has 5 aromatic rings. The highest BCUT2D eigenvalue weighted by Crippen LogP contribution is 2.62. The quantitative estimate of drug-likeness (QED) is 0.248. The minimum absolute atomic E-state index is 0.0808. The van der Waals surface area contributed by atoms with Crippen LogP contribution in [-0.4, -0.2) is 22.6 Å². The van der Waals surface area contributed by atoms with Crippen molar-refractivity contribution >= 4 is 27.5 Å². The molecule has 6 rings (SSSR count). The summed E-state index contributed by atoms with van der Waals surface area (Å²) >= 11 is 0. The Morgan fingerprint density at radius 1 is 0.841 bits per heavy atom. The number of carbonyl (C=O) groups excluding carboxylic acids is 1. The molecule has 9 heteroatoms. The van der Waals surface area contributed by atoms with Crippen molar-refractivity contribution in [3.05, 3.63) is 108 Å². The Hall–Kier alpha value is -4.79. The van der Waals surface area contributed by atoms with E-state index in [1.807, 2.05) is 24.3 Å². The SMILES string of the molecule is COC(=O)C1(CC(C)(C)C(C)(C)c2ccc(Oc3ccc(-n4c(=O)c5cc6c(=O)[nH]c(=O)c6cc5c4=O)cc3)cc2)CC1C. The van der Waals surface area contributed by atoms with Gasteiger partial charge in [-0.3, -0.25) is 29.0 Å². The maximum atomic E-state index is 13.1.